The van der Waals surface area contributed by atoms with Gasteiger partial charge in [0, 0.05) is 12.0 Å². The third-order valence-corrected chi connectivity index (χ3v) is 3.78. The molecule has 2 rings (SSSR count). The van der Waals surface area contributed by atoms with Crippen LogP contribution in [0.2, 0.25) is 0 Å². The molecule has 1 aromatic rings. The Morgan fingerprint density at radius 3 is 2.68 bits per heavy atom. The van der Waals surface area contributed by atoms with Crippen molar-refractivity contribution in [3.05, 3.63) is 29.3 Å². The summed E-state index contributed by atoms with van der Waals surface area (Å²) < 4.78 is 6.25. The summed E-state index contributed by atoms with van der Waals surface area (Å²) in [6, 6.07) is 6.50. The Balaban J connectivity index is 2.39. The lowest BCUT2D eigenvalue weighted by molar-refractivity contribution is 0.0548. The van der Waals surface area contributed by atoms with Gasteiger partial charge < -0.3 is 4.74 Å². The summed E-state index contributed by atoms with van der Waals surface area (Å²) in [5.74, 6) is 0.911. The lowest BCUT2D eigenvalue weighted by Crippen LogP contribution is -2.32. The first-order valence-corrected chi connectivity index (χ1v) is 7.46. The van der Waals surface area contributed by atoms with Gasteiger partial charge in [-0.05, 0) is 38.8 Å². The second kappa shape index (κ2) is 5.77. The predicted molar refractivity (Wildman–Crippen MR) is 81.1 cm³/mol. The average molecular weight is 259 g/mol. The van der Waals surface area contributed by atoms with Gasteiger partial charge in [0.15, 0.2) is 5.90 Å². The molecule has 0 aliphatic carbocycles. The molecule has 0 fully saturated rings. The molecule has 19 heavy (non-hydrogen) atoms. The summed E-state index contributed by atoms with van der Waals surface area (Å²) in [5, 5.41) is 0. The van der Waals surface area contributed by atoms with Gasteiger partial charge in [-0.1, -0.05) is 38.3 Å². The van der Waals surface area contributed by atoms with Crippen LogP contribution in [0.4, 0.5) is 5.69 Å². The molecule has 0 saturated carbocycles. The lowest BCUT2D eigenvalue weighted by Gasteiger charge is -2.36. The second-order valence-corrected chi connectivity index (χ2v) is 5.71. The molecule has 0 aromatic heterocycles. The normalized spacial score (nSPS) is 21.6. The first-order chi connectivity index (χ1) is 9.09. The molecule has 1 aliphatic heterocycles. The molecule has 0 spiro atoms. The number of aliphatic imine (C=N–C) groups is 1. The van der Waals surface area contributed by atoms with Gasteiger partial charge in [-0.3, -0.25) is 0 Å². The van der Waals surface area contributed by atoms with Crippen molar-refractivity contribution >= 4 is 11.6 Å². The van der Waals surface area contributed by atoms with E-state index < -0.39 is 0 Å². The highest BCUT2D eigenvalue weighted by atomic mass is 16.5. The summed E-state index contributed by atoms with van der Waals surface area (Å²) in [6.07, 6.45) is 5.42. The Morgan fingerprint density at radius 2 is 2.00 bits per heavy atom. The molecule has 0 N–H and O–H groups in total. The minimum Gasteiger partial charge on any atom is -0.470 e. The van der Waals surface area contributed by atoms with Crippen molar-refractivity contribution in [2.45, 2.75) is 65.4 Å². The van der Waals surface area contributed by atoms with Gasteiger partial charge in [0.05, 0.1) is 5.69 Å². The Morgan fingerprint density at radius 1 is 1.21 bits per heavy atom. The zero-order valence-corrected chi connectivity index (χ0v) is 12.6. The number of unbranched alkanes of at least 4 members (excludes halogenated alkanes) is 1. The molecule has 0 radical (unpaired) electrons. The molecule has 1 atom stereocenters. The average Bonchev–Trinajstić information content (AvgIpc) is 2.37. The van der Waals surface area contributed by atoms with E-state index >= 15 is 0 Å². The Hall–Kier alpha value is -1.31. The van der Waals surface area contributed by atoms with Crippen molar-refractivity contribution in [1.82, 2.24) is 0 Å². The molecule has 1 heterocycles. The number of nitrogens with zero attached hydrogens (tertiary/aromatic N) is 1. The summed E-state index contributed by atoms with van der Waals surface area (Å²) >= 11 is 0. The van der Waals surface area contributed by atoms with E-state index in [1.54, 1.807) is 0 Å². The van der Waals surface area contributed by atoms with E-state index in [4.69, 9.17) is 9.73 Å². The fourth-order valence-electron chi connectivity index (χ4n) is 2.74. The van der Waals surface area contributed by atoms with E-state index in [0.29, 0.717) is 0 Å². The molecular weight excluding hydrogens is 234 g/mol. The standard InChI is InChI=1S/C17H25NO/c1-5-7-8-16-18-15-10-9-13(3)12-14(15)17(4,19-16)11-6-2/h9-10,12H,5-8,11H2,1-4H3. The Bertz CT molecular complexity index is 478. The van der Waals surface area contributed by atoms with Gasteiger partial charge in [0.1, 0.15) is 5.60 Å². The molecule has 0 amide bonds. The van der Waals surface area contributed by atoms with E-state index in [2.05, 4.69) is 45.9 Å². The highest BCUT2D eigenvalue weighted by Crippen LogP contribution is 2.41. The number of benzene rings is 1. The van der Waals surface area contributed by atoms with Gasteiger partial charge in [0.25, 0.3) is 0 Å². The number of fused-ring (bicyclic) bond motifs is 1. The molecule has 1 unspecified atom stereocenters. The monoisotopic (exact) mass is 259 g/mol. The van der Waals surface area contributed by atoms with Crippen LogP contribution < -0.4 is 0 Å². The zero-order valence-electron chi connectivity index (χ0n) is 12.6. The number of aryl methyl sites for hydroxylation is 1. The van der Waals surface area contributed by atoms with E-state index in [0.717, 1.165) is 37.3 Å². The summed E-state index contributed by atoms with van der Waals surface area (Å²) in [7, 11) is 0. The maximum Gasteiger partial charge on any atom is 0.189 e. The van der Waals surface area contributed by atoms with Crippen LogP contribution in [0.15, 0.2) is 23.2 Å². The van der Waals surface area contributed by atoms with Crippen molar-refractivity contribution in [2.24, 2.45) is 4.99 Å². The summed E-state index contributed by atoms with van der Waals surface area (Å²) in [5.41, 5.74) is 3.41. The van der Waals surface area contributed by atoms with Gasteiger partial charge in [-0.15, -0.1) is 0 Å². The maximum atomic E-state index is 6.25. The van der Waals surface area contributed by atoms with Crippen molar-refractivity contribution in [2.75, 3.05) is 0 Å². The van der Waals surface area contributed by atoms with Crippen LogP contribution >= 0.6 is 0 Å². The Labute approximate surface area is 116 Å². The third kappa shape index (κ3) is 2.99. The van der Waals surface area contributed by atoms with Crippen LogP contribution in [0.1, 0.15) is 64.0 Å². The molecule has 2 heteroatoms. The van der Waals surface area contributed by atoms with Crippen molar-refractivity contribution < 1.29 is 4.74 Å². The fraction of sp³-hybridized carbons (Fsp3) is 0.588. The largest absolute Gasteiger partial charge is 0.470 e. The highest BCUT2D eigenvalue weighted by molar-refractivity contribution is 5.82. The number of ether oxygens (including phenoxy) is 1. The third-order valence-electron chi connectivity index (χ3n) is 3.78. The first kappa shape index (κ1) is 14.1. The van der Waals surface area contributed by atoms with Gasteiger partial charge in [0.2, 0.25) is 0 Å². The van der Waals surface area contributed by atoms with Crippen LogP contribution in [-0.2, 0) is 10.3 Å². The minimum atomic E-state index is -0.207. The molecule has 0 bridgehead atoms. The highest BCUT2D eigenvalue weighted by Gasteiger charge is 2.34. The Kier molecular flexibility index (Phi) is 4.28. The van der Waals surface area contributed by atoms with Crippen molar-refractivity contribution in [3.8, 4) is 0 Å². The van der Waals surface area contributed by atoms with Crippen LogP contribution in [0.3, 0.4) is 0 Å². The van der Waals surface area contributed by atoms with Gasteiger partial charge in [-0.2, -0.15) is 0 Å². The molecule has 1 aliphatic rings. The van der Waals surface area contributed by atoms with E-state index in [1.807, 2.05) is 0 Å². The second-order valence-electron chi connectivity index (χ2n) is 5.71. The smallest absolute Gasteiger partial charge is 0.189 e. The van der Waals surface area contributed by atoms with Crippen LogP contribution in [0.5, 0.6) is 0 Å². The molecule has 0 saturated heterocycles. The van der Waals surface area contributed by atoms with Crippen molar-refractivity contribution in [3.63, 3.8) is 0 Å². The van der Waals surface area contributed by atoms with Crippen molar-refractivity contribution in [1.29, 1.82) is 0 Å². The van der Waals surface area contributed by atoms with E-state index in [1.165, 1.54) is 17.5 Å². The molecule has 2 nitrogen and oxygen atoms in total. The lowest BCUT2D eigenvalue weighted by atomic mass is 9.87. The van der Waals surface area contributed by atoms with Crippen LogP contribution in [0.25, 0.3) is 0 Å². The summed E-state index contributed by atoms with van der Waals surface area (Å²) in [6.45, 7) is 8.74. The van der Waals surface area contributed by atoms with E-state index in [9.17, 15) is 0 Å². The first-order valence-electron chi connectivity index (χ1n) is 7.46. The maximum absolute atomic E-state index is 6.25. The zero-order chi connectivity index (χ0) is 13.9. The van der Waals surface area contributed by atoms with Crippen LogP contribution in [-0.4, -0.2) is 5.90 Å². The number of rotatable bonds is 5. The van der Waals surface area contributed by atoms with Gasteiger partial charge in [-0.25, -0.2) is 4.99 Å². The van der Waals surface area contributed by atoms with Crippen LogP contribution in [0, 0.1) is 6.92 Å². The molecular formula is C17H25NO. The molecule has 1 aromatic carbocycles. The number of hydrogen-bond acceptors (Lipinski definition) is 2. The van der Waals surface area contributed by atoms with E-state index in [-0.39, 0.29) is 5.60 Å². The topological polar surface area (TPSA) is 21.6 Å². The fourth-order valence-corrected chi connectivity index (χ4v) is 2.74. The molecule has 104 valence electrons. The quantitative estimate of drug-likeness (QED) is 0.706. The minimum absolute atomic E-state index is 0.207. The number of hydrogen-bond donors (Lipinski definition) is 0. The SMILES string of the molecule is CCCCC1=Nc2ccc(C)cc2C(C)(CCC)O1. The van der Waals surface area contributed by atoms with Gasteiger partial charge >= 0.3 is 0 Å². The summed E-state index contributed by atoms with van der Waals surface area (Å²) in [4.78, 5) is 4.70. The predicted octanol–water partition coefficient (Wildman–Crippen LogP) is 5.26.